The zero-order valence-corrected chi connectivity index (χ0v) is 17.0. The van der Waals surface area contributed by atoms with Gasteiger partial charge in [0.15, 0.2) is 0 Å². The van der Waals surface area contributed by atoms with Crippen LogP contribution in [0.25, 0.3) is 0 Å². The minimum atomic E-state index is -0.0206. The molecule has 4 rings (SSSR count). The fraction of sp³-hybridized carbons (Fsp3) is 0.222. The molecule has 0 aliphatic carbocycles. The van der Waals surface area contributed by atoms with E-state index in [4.69, 9.17) is 26.0 Å². The Balaban J connectivity index is 1.50. The van der Waals surface area contributed by atoms with Crippen LogP contribution >= 0.6 is 0 Å². The molecule has 0 fully saturated rings. The van der Waals surface area contributed by atoms with Gasteiger partial charge in [-0.3, -0.25) is 10.4 Å². The number of aromatic nitrogens is 6. The number of hydrogen-bond donors (Lipinski definition) is 5. The molecule has 4 aromatic rings. The second-order valence-corrected chi connectivity index (χ2v) is 6.54. The van der Waals surface area contributed by atoms with E-state index < -0.39 is 0 Å². The first-order valence-corrected chi connectivity index (χ1v) is 9.66. The van der Waals surface area contributed by atoms with Gasteiger partial charge in [-0.25, -0.2) is 0 Å². The van der Waals surface area contributed by atoms with E-state index in [1.54, 1.807) is 23.6 Å². The molecule has 0 aromatic carbocycles. The van der Waals surface area contributed by atoms with Crippen molar-refractivity contribution in [2.75, 3.05) is 46.0 Å². The zero-order valence-electron chi connectivity index (χ0n) is 17.0. The highest BCUT2D eigenvalue weighted by atomic mass is 16.3. The predicted octanol–water partition coefficient (Wildman–Crippen LogP) is 0.720. The summed E-state index contributed by atoms with van der Waals surface area (Å²) in [5.41, 5.74) is 20.3. The van der Waals surface area contributed by atoms with Gasteiger partial charge in [0.2, 0.25) is 29.7 Å². The Bertz CT molecular complexity index is 1110. The Hall–Kier alpha value is -4.62. The Morgan fingerprint density at radius 1 is 0.750 bits per heavy atom. The third-order valence-corrected chi connectivity index (χ3v) is 4.18. The third kappa shape index (κ3) is 5.50. The quantitative estimate of drug-likeness (QED) is 0.216. The molecular formula is C18H22N12O2. The Kier molecular flexibility index (Phi) is 6.10. The van der Waals surface area contributed by atoms with E-state index in [1.165, 1.54) is 0 Å². The van der Waals surface area contributed by atoms with Gasteiger partial charge in [-0.1, -0.05) is 0 Å². The van der Waals surface area contributed by atoms with Crippen molar-refractivity contribution in [2.24, 2.45) is 0 Å². The zero-order chi connectivity index (χ0) is 22.3. The SMILES string of the molecule is Nc1nc(NCCc2ccco2)nc(NN(CCc2ccco2)c2nc(N)nc(N)n2)n1. The summed E-state index contributed by atoms with van der Waals surface area (Å²) in [5, 5.41) is 4.66. The second kappa shape index (κ2) is 9.46. The standard InChI is InChI=1S/C18H22N12O2/c19-13-23-14(20)27-18(26-13)30(8-6-12-4-2-10-32-12)29-17-25-15(21)24-16(28-17)22-7-5-11-3-1-9-31-11/h1-4,9-10H,5-8H2,(H4,19,20,23,26,27)(H4,21,22,24,25,28,29). The van der Waals surface area contributed by atoms with Crippen LogP contribution in [0.1, 0.15) is 11.5 Å². The van der Waals surface area contributed by atoms with Crippen LogP contribution in [0.2, 0.25) is 0 Å². The molecule has 0 saturated carbocycles. The second-order valence-electron chi connectivity index (χ2n) is 6.54. The summed E-state index contributed by atoms with van der Waals surface area (Å²) in [6, 6.07) is 7.38. The summed E-state index contributed by atoms with van der Waals surface area (Å²) >= 11 is 0. The highest BCUT2D eigenvalue weighted by molar-refractivity contribution is 5.47. The number of hydrogen-bond acceptors (Lipinski definition) is 14. The molecule has 4 heterocycles. The highest BCUT2D eigenvalue weighted by Gasteiger charge is 2.16. The maximum absolute atomic E-state index is 5.86. The van der Waals surface area contributed by atoms with E-state index in [9.17, 15) is 0 Å². The molecule has 14 nitrogen and oxygen atoms in total. The number of nitrogens with zero attached hydrogens (tertiary/aromatic N) is 7. The molecule has 166 valence electrons. The summed E-state index contributed by atoms with van der Waals surface area (Å²) in [7, 11) is 0. The van der Waals surface area contributed by atoms with Gasteiger partial charge in [0.05, 0.1) is 12.5 Å². The normalized spacial score (nSPS) is 10.8. The van der Waals surface area contributed by atoms with Gasteiger partial charge >= 0.3 is 0 Å². The van der Waals surface area contributed by atoms with Crippen molar-refractivity contribution in [1.82, 2.24) is 29.9 Å². The summed E-state index contributed by atoms with van der Waals surface area (Å²) in [4.78, 5) is 24.7. The van der Waals surface area contributed by atoms with Crippen molar-refractivity contribution in [1.29, 1.82) is 0 Å². The molecular weight excluding hydrogens is 416 g/mol. The third-order valence-electron chi connectivity index (χ3n) is 4.18. The Morgan fingerprint density at radius 3 is 2.03 bits per heavy atom. The molecule has 8 N–H and O–H groups in total. The summed E-state index contributed by atoms with van der Waals surface area (Å²) < 4.78 is 10.7. The highest BCUT2D eigenvalue weighted by Crippen LogP contribution is 2.15. The smallest absolute Gasteiger partial charge is 0.251 e. The lowest BCUT2D eigenvalue weighted by molar-refractivity contribution is 0.508. The topological polar surface area (TPSA) is 209 Å². The number of nitrogens with two attached hydrogens (primary N) is 3. The lowest BCUT2D eigenvalue weighted by Crippen LogP contribution is -2.35. The molecule has 0 spiro atoms. The van der Waals surface area contributed by atoms with Gasteiger partial charge in [-0.2, -0.15) is 29.9 Å². The van der Waals surface area contributed by atoms with Gasteiger partial charge in [-0.15, -0.1) is 0 Å². The van der Waals surface area contributed by atoms with Gasteiger partial charge in [-0.05, 0) is 24.3 Å². The number of nitrogen functional groups attached to an aromatic ring is 3. The molecule has 32 heavy (non-hydrogen) atoms. The lowest BCUT2D eigenvalue weighted by Gasteiger charge is -2.23. The van der Waals surface area contributed by atoms with Crippen molar-refractivity contribution >= 4 is 35.7 Å². The monoisotopic (exact) mass is 438 g/mol. The van der Waals surface area contributed by atoms with Crippen LogP contribution in [-0.2, 0) is 12.8 Å². The largest absolute Gasteiger partial charge is 0.469 e. The number of anilines is 6. The number of furan rings is 2. The average molecular weight is 438 g/mol. The van der Waals surface area contributed by atoms with E-state index in [0.717, 1.165) is 11.5 Å². The van der Waals surface area contributed by atoms with Crippen LogP contribution in [0.5, 0.6) is 0 Å². The maximum Gasteiger partial charge on any atom is 0.251 e. The number of nitrogens with one attached hydrogen (secondary N) is 2. The minimum absolute atomic E-state index is 0.0206. The Morgan fingerprint density at radius 2 is 1.38 bits per heavy atom. The van der Waals surface area contributed by atoms with E-state index in [2.05, 4.69) is 40.6 Å². The van der Waals surface area contributed by atoms with Crippen LogP contribution < -0.4 is 33.0 Å². The Labute approximate surface area is 182 Å². The number of hydrazine groups is 1. The fourth-order valence-electron chi connectivity index (χ4n) is 2.80. The van der Waals surface area contributed by atoms with Crippen LogP contribution in [0.4, 0.5) is 35.7 Å². The minimum Gasteiger partial charge on any atom is -0.469 e. The molecule has 0 bridgehead atoms. The molecule has 0 saturated heterocycles. The molecule has 0 unspecified atom stereocenters. The van der Waals surface area contributed by atoms with E-state index in [1.807, 2.05) is 18.2 Å². The van der Waals surface area contributed by atoms with Crippen molar-refractivity contribution in [3.63, 3.8) is 0 Å². The predicted molar refractivity (Wildman–Crippen MR) is 117 cm³/mol. The molecule has 0 atom stereocenters. The summed E-state index contributed by atoms with van der Waals surface area (Å²) in [6.45, 7) is 0.919. The van der Waals surface area contributed by atoms with Crippen LogP contribution in [0.15, 0.2) is 45.6 Å². The average Bonchev–Trinajstić information content (AvgIpc) is 3.44. The molecule has 0 radical (unpaired) electrons. The molecule has 0 aliphatic heterocycles. The first-order chi connectivity index (χ1) is 15.5. The van der Waals surface area contributed by atoms with Crippen molar-refractivity contribution < 1.29 is 8.83 Å². The lowest BCUT2D eigenvalue weighted by atomic mass is 10.3. The van der Waals surface area contributed by atoms with E-state index in [-0.39, 0.29) is 29.7 Å². The van der Waals surface area contributed by atoms with Crippen LogP contribution in [-0.4, -0.2) is 43.0 Å². The van der Waals surface area contributed by atoms with Crippen molar-refractivity contribution in [3.05, 3.63) is 48.3 Å². The van der Waals surface area contributed by atoms with Crippen LogP contribution in [0, 0.1) is 0 Å². The first-order valence-electron chi connectivity index (χ1n) is 9.66. The summed E-state index contributed by atoms with van der Waals surface area (Å²) in [5.74, 6) is 2.26. The molecule has 4 aromatic heterocycles. The van der Waals surface area contributed by atoms with Crippen molar-refractivity contribution in [3.8, 4) is 0 Å². The fourth-order valence-corrected chi connectivity index (χ4v) is 2.80. The van der Waals surface area contributed by atoms with Gasteiger partial charge in [0.25, 0.3) is 5.95 Å². The van der Waals surface area contributed by atoms with Gasteiger partial charge in [0.1, 0.15) is 11.5 Å². The van der Waals surface area contributed by atoms with Crippen molar-refractivity contribution in [2.45, 2.75) is 12.8 Å². The van der Waals surface area contributed by atoms with Gasteiger partial charge < -0.3 is 31.4 Å². The molecule has 14 heteroatoms. The first kappa shape index (κ1) is 20.6. The van der Waals surface area contributed by atoms with E-state index >= 15 is 0 Å². The number of rotatable bonds is 10. The maximum atomic E-state index is 5.86. The van der Waals surface area contributed by atoms with Crippen LogP contribution in [0.3, 0.4) is 0 Å². The molecule has 0 amide bonds. The molecule has 0 aliphatic rings. The van der Waals surface area contributed by atoms with Gasteiger partial charge in [0, 0.05) is 25.9 Å². The summed E-state index contributed by atoms with van der Waals surface area (Å²) in [6.07, 6.45) is 4.40. The van der Waals surface area contributed by atoms with E-state index in [0.29, 0.717) is 31.9 Å².